The van der Waals surface area contributed by atoms with Crippen LogP contribution >= 0.6 is 0 Å². The fraction of sp³-hybridized carbons (Fsp3) is 0.643. The van der Waals surface area contributed by atoms with Crippen LogP contribution in [0.15, 0.2) is 79.4 Å². The molecule has 2 nitrogen and oxygen atoms in total. The molecule has 1 aromatic heterocycles. The Kier molecular flexibility index (Phi) is 18.2. The first kappa shape index (κ1) is 36.1. The van der Waals surface area contributed by atoms with Crippen LogP contribution in [0, 0.1) is 0 Å². The third-order valence-corrected chi connectivity index (χ3v) is 10.0. The molecule has 0 spiro atoms. The predicted molar refractivity (Wildman–Crippen MR) is 191 cm³/mol. The summed E-state index contributed by atoms with van der Waals surface area (Å²) in [6, 6.07) is 22.9. The number of hydrogen-bond donors (Lipinski definition) is 0. The molecule has 0 bridgehead atoms. The first-order chi connectivity index (χ1) is 21.7. The van der Waals surface area contributed by atoms with Gasteiger partial charge in [-0.1, -0.05) is 184 Å². The molecular formula is C42H67N2+. The second kappa shape index (κ2) is 22.2. The highest BCUT2D eigenvalue weighted by Crippen LogP contribution is 2.41. The Labute approximate surface area is 272 Å². The summed E-state index contributed by atoms with van der Waals surface area (Å²) in [7, 11) is 0. The van der Waals surface area contributed by atoms with Crippen LogP contribution < -0.4 is 4.57 Å². The smallest absolute Gasteiger partial charge is 0.237 e. The molecule has 244 valence electrons. The summed E-state index contributed by atoms with van der Waals surface area (Å²) >= 11 is 0. The molecule has 0 N–H and O–H groups in total. The van der Waals surface area contributed by atoms with Gasteiger partial charge in [0.1, 0.15) is 18.4 Å². The third-order valence-electron chi connectivity index (χ3n) is 10.0. The molecule has 0 radical (unpaired) electrons. The Bertz CT molecular complexity index is 1070. The number of aromatic nitrogens is 2. The average molecular weight is 600 g/mol. The molecule has 2 unspecified atom stereocenters. The van der Waals surface area contributed by atoms with Crippen LogP contribution in [0.5, 0.6) is 0 Å². The predicted octanol–water partition coefficient (Wildman–Crippen LogP) is 12.4. The molecule has 0 aliphatic heterocycles. The average Bonchev–Trinajstić information content (AvgIpc) is 3.52. The molecule has 0 amide bonds. The second-order valence-electron chi connectivity index (χ2n) is 13.9. The summed E-state index contributed by atoms with van der Waals surface area (Å²) < 4.78 is 5.04. The quantitative estimate of drug-likeness (QED) is 0.0641. The van der Waals surface area contributed by atoms with Crippen LogP contribution in [-0.4, -0.2) is 4.57 Å². The third kappa shape index (κ3) is 13.3. The van der Waals surface area contributed by atoms with E-state index in [1.165, 1.54) is 140 Å². The summed E-state index contributed by atoms with van der Waals surface area (Å²) in [4.78, 5) is 0. The van der Waals surface area contributed by atoms with Gasteiger partial charge in [0.25, 0.3) is 0 Å². The monoisotopic (exact) mass is 600 g/mol. The van der Waals surface area contributed by atoms with Crippen LogP contribution in [0.2, 0.25) is 0 Å². The van der Waals surface area contributed by atoms with Gasteiger partial charge in [0.05, 0.1) is 6.54 Å². The van der Waals surface area contributed by atoms with Gasteiger partial charge in [-0.3, -0.25) is 0 Å². The van der Waals surface area contributed by atoms with E-state index in [2.05, 4.69) is 109 Å². The molecule has 2 atom stereocenters. The lowest BCUT2D eigenvalue weighted by molar-refractivity contribution is -0.697. The van der Waals surface area contributed by atoms with Crippen LogP contribution in [0.25, 0.3) is 0 Å². The minimum atomic E-state index is 0.0116. The van der Waals surface area contributed by atoms with Gasteiger partial charge in [0.15, 0.2) is 0 Å². The first-order valence-electron chi connectivity index (χ1n) is 18.8. The van der Waals surface area contributed by atoms with E-state index in [-0.39, 0.29) is 5.41 Å². The summed E-state index contributed by atoms with van der Waals surface area (Å²) in [5, 5.41) is 0. The van der Waals surface area contributed by atoms with Gasteiger partial charge in [0, 0.05) is 5.41 Å². The van der Waals surface area contributed by atoms with Gasteiger partial charge in [-0.05, 0) is 43.2 Å². The van der Waals surface area contributed by atoms with E-state index in [9.17, 15) is 0 Å². The highest BCUT2D eigenvalue weighted by molar-refractivity contribution is 5.30. The Morgan fingerprint density at radius 3 is 1.61 bits per heavy atom. The number of imidazole rings is 1. The van der Waals surface area contributed by atoms with Crippen molar-refractivity contribution in [2.75, 3.05) is 0 Å². The zero-order valence-electron chi connectivity index (χ0n) is 29.0. The zero-order valence-corrected chi connectivity index (χ0v) is 29.0. The Hall–Kier alpha value is -2.35. The normalized spacial score (nSPS) is 13.6. The fourth-order valence-corrected chi connectivity index (χ4v) is 7.21. The molecule has 0 saturated heterocycles. The molecule has 44 heavy (non-hydrogen) atoms. The summed E-state index contributed by atoms with van der Waals surface area (Å²) in [6.07, 6.45) is 35.8. The summed E-state index contributed by atoms with van der Waals surface area (Å²) in [5.74, 6) is 0. The number of aryl methyl sites for hydroxylation is 1. The lowest BCUT2D eigenvalue weighted by Crippen LogP contribution is -2.38. The van der Waals surface area contributed by atoms with E-state index < -0.39 is 0 Å². The molecule has 0 aliphatic carbocycles. The molecule has 0 saturated carbocycles. The molecule has 2 heteroatoms. The topological polar surface area (TPSA) is 8.81 Å². The van der Waals surface area contributed by atoms with Crippen LogP contribution in [0.4, 0.5) is 0 Å². The maximum atomic E-state index is 2.58. The molecule has 3 aromatic rings. The SMILES string of the molecule is CCCCCCCCCCCCCC[n+]1ccn(C(CCCCCCCCC)C(C)(Cc2ccccc2)c2ccccc2)c1. The van der Waals surface area contributed by atoms with Crippen LogP contribution in [0.1, 0.15) is 166 Å². The molecule has 0 fully saturated rings. The lowest BCUT2D eigenvalue weighted by Gasteiger charge is -2.37. The van der Waals surface area contributed by atoms with Gasteiger partial charge in [-0.15, -0.1) is 0 Å². The summed E-state index contributed by atoms with van der Waals surface area (Å²) in [6.45, 7) is 8.27. The van der Waals surface area contributed by atoms with E-state index >= 15 is 0 Å². The lowest BCUT2D eigenvalue weighted by atomic mass is 9.70. The highest BCUT2D eigenvalue weighted by atomic mass is 15.1. The molecule has 2 aromatic carbocycles. The maximum absolute atomic E-state index is 2.58. The Balaban J connectivity index is 1.59. The number of hydrogen-bond acceptors (Lipinski definition) is 0. The minimum Gasteiger partial charge on any atom is -0.237 e. The van der Waals surface area contributed by atoms with Crippen LogP contribution in [0.3, 0.4) is 0 Å². The van der Waals surface area contributed by atoms with E-state index in [0.717, 1.165) is 13.0 Å². The zero-order chi connectivity index (χ0) is 31.1. The van der Waals surface area contributed by atoms with Crippen molar-refractivity contribution in [2.24, 2.45) is 0 Å². The highest BCUT2D eigenvalue weighted by Gasteiger charge is 2.40. The van der Waals surface area contributed by atoms with E-state index in [1.807, 2.05) is 0 Å². The second-order valence-corrected chi connectivity index (χ2v) is 13.9. The van der Waals surface area contributed by atoms with Crippen molar-refractivity contribution in [2.45, 2.75) is 174 Å². The van der Waals surface area contributed by atoms with Crippen molar-refractivity contribution in [3.63, 3.8) is 0 Å². The number of benzene rings is 2. The van der Waals surface area contributed by atoms with Gasteiger partial charge >= 0.3 is 0 Å². The van der Waals surface area contributed by atoms with Gasteiger partial charge < -0.3 is 0 Å². The van der Waals surface area contributed by atoms with E-state index in [1.54, 1.807) is 0 Å². The molecule has 1 heterocycles. The molecule has 3 rings (SSSR count). The molecular weight excluding hydrogens is 532 g/mol. The minimum absolute atomic E-state index is 0.0116. The van der Waals surface area contributed by atoms with E-state index in [0.29, 0.717) is 6.04 Å². The van der Waals surface area contributed by atoms with Crippen molar-refractivity contribution in [1.82, 2.24) is 4.57 Å². The van der Waals surface area contributed by atoms with Crippen molar-refractivity contribution >= 4 is 0 Å². The molecule has 0 aliphatic rings. The number of rotatable bonds is 26. The number of nitrogens with zero attached hydrogens (tertiary/aromatic N) is 2. The largest absolute Gasteiger partial charge is 0.244 e. The Morgan fingerprint density at radius 1 is 0.591 bits per heavy atom. The van der Waals surface area contributed by atoms with Crippen LogP contribution in [-0.2, 0) is 18.4 Å². The summed E-state index contributed by atoms with van der Waals surface area (Å²) in [5.41, 5.74) is 2.90. The van der Waals surface area contributed by atoms with E-state index in [4.69, 9.17) is 0 Å². The maximum Gasteiger partial charge on any atom is 0.244 e. The van der Waals surface area contributed by atoms with Crippen molar-refractivity contribution < 1.29 is 4.57 Å². The van der Waals surface area contributed by atoms with Crippen molar-refractivity contribution in [3.05, 3.63) is 90.5 Å². The first-order valence-corrected chi connectivity index (χ1v) is 18.8. The van der Waals surface area contributed by atoms with Gasteiger partial charge in [0.2, 0.25) is 6.33 Å². The van der Waals surface area contributed by atoms with Gasteiger partial charge in [-0.25, -0.2) is 9.13 Å². The standard InChI is InChI=1S/C42H67N2/c1-4-6-8-10-12-13-14-15-16-18-20-28-34-43-35-36-44(38-43)41(33-27-19-17-11-9-7-5-2)42(3,40-31-25-22-26-32-40)37-39-29-23-21-24-30-39/h21-26,29-32,35-36,38,41H,4-20,27-28,33-34,37H2,1-3H3/q+1. The van der Waals surface area contributed by atoms with Gasteiger partial charge in [-0.2, -0.15) is 0 Å². The fourth-order valence-electron chi connectivity index (χ4n) is 7.21. The number of unbranched alkanes of at least 4 members (excludes halogenated alkanes) is 17. The Morgan fingerprint density at radius 2 is 1.07 bits per heavy atom. The van der Waals surface area contributed by atoms with Crippen molar-refractivity contribution in [3.8, 4) is 0 Å². The van der Waals surface area contributed by atoms with Crippen molar-refractivity contribution in [1.29, 1.82) is 0 Å².